The van der Waals surface area contributed by atoms with Crippen molar-refractivity contribution in [3.8, 4) is 11.1 Å². The van der Waals surface area contributed by atoms with Crippen LogP contribution in [0.2, 0.25) is 0 Å². The first-order valence-corrected chi connectivity index (χ1v) is 11.3. The number of halogens is 1. The van der Waals surface area contributed by atoms with E-state index in [1.54, 1.807) is 13.1 Å². The van der Waals surface area contributed by atoms with E-state index >= 15 is 0 Å². The Kier molecular flexibility index (Phi) is 6.27. The lowest BCUT2D eigenvalue weighted by molar-refractivity contribution is -0.137. The summed E-state index contributed by atoms with van der Waals surface area (Å²) in [5, 5.41) is 5.52. The fraction of sp³-hybridized carbons (Fsp3) is 0.391. The molecule has 0 aliphatic heterocycles. The number of aryl methyl sites for hydroxylation is 1. The molecule has 7 heteroatoms. The minimum atomic E-state index is -0.350. The number of nitrogens with zero attached hydrogens (tertiary/aromatic N) is 4. The summed E-state index contributed by atoms with van der Waals surface area (Å²) in [6, 6.07) is 2.05. The molecule has 3 aromatic heterocycles. The highest BCUT2D eigenvalue weighted by molar-refractivity contribution is 9.10. The molecule has 0 amide bonds. The average molecular weight is 469 g/mol. The zero-order chi connectivity index (χ0) is 21.1. The summed E-state index contributed by atoms with van der Waals surface area (Å²) in [5.74, 6) is 0.0212. The molecule has 1 aliphatic rings. The zero-order valence-corrected chi connectivity index (χ0v) is 18.9. The lowest BCUT2D eigenvalue weighted by Gasteiger charge is -2.18. The van der Waals surface area contributed by atoms with Gasteiger partial charge in [0.05, 0.1) is 18.5 Å². The van der Waals surface area contributed by atoms with E-state index in [-0.39, 0.29) is 5.97 Å². The van der Waals surface area contributed by atoms with Gasteiger partial charge in [0, 0.05) is 57.5 Å². The lowest BCUT2D eigenvalue weighted by Crippen LogP contribution is -2.06. The van der Waals surface area contributed by atoms with E-state index < -0.39 is 0 Å². The number of fused-ring (bicyclic) bond motifs is 1. The largest absolute Gasteiger partial charge is 0.463 e. The normalized spacial score (nSPS) is 14.8. The number of ether oxygens (including phenoxy) is 1. The van der Waals surface area contributed by atoms with Gasteiger partial charge in [-0.3, -0.25) is 4.98 Å². The van der Waals surface area contributed by atoms with Crippen LogP contribution in [-0.2, 0) is 16.1 Å². The topological polar surface area (TPSA) is 69.9 Å². The fourth-order valence-electron chi connectivity index (χ4n) is 4.23. The molecule has 0 N–H and O–H groups in total. The van der Waals surface area contributed by atoms with Gasteiger partial charge in [0.15, 0.2) is 5.65 Å². The molecule has 1 fully saturated rings. The minimum Gasteiger partial charge on any atom is -0.463 e. The SMILES string of the molecule is CCOC(=O)/C=C/c1c(C2CCCC2)nc2c(cnn2CC)c1-c1cncc(Br)c1. The van der Waals surface area contributed by atoms with Gasteiger partial charge in [-0.15, -0.1) is 0 Å². The van der Waals surface area contributed by atoms with E-state index in [0.717, 1.165) is 57.3 Å². The van der Waals surface area contributed by atoms with Crippen molar-refractivity contribution in [3.63, 3.8) is 0 Å². The van der Waals surface area contributed by atoms with Crippen molar-refractivity contribution >= 4 is 39.0 Å². The summed E-state index contributed by atoms with van der Waals surface area (Å²) in [5.41, 5.74) is 4.84. The van der Waals surface area contributed by atoms with Crippen LogP contribution in [0.3, 0.4) is 0 Å². The van der Waals surface area contributed by atoms with Crippen molar-refractivity contribution in [2.24, 2.45) is 0 Å². The average Bonchev–Trinajstić information content (AvgIpc) is 3.41. The molecule has 3 heterocycles. The Hall–Kier alpha value is -2.54. The Bertz CT molecular complexity index is 1100. The monoisotopic (exact) mass is 468 g/mol. The molecule has 0 bridgehead atoms. The van der Waals surface area contributed by atoms with E-state index in [2.05, 4.69) is 32.9 Å². The van der Waals surface area contributed by atoms with Gasteiger partial charge in [-0.05, 0) is 54.8 Å². The second-order valence-electron chi connectivity index (χ2n) is 7.44. The van der Waals surface area contributed by atoms with E-state index in [1.807, 2.05) is 29.2 Å². The third kappa shape index (κ3) is 4.03. The van der Waals surface area contributed by atoms with Crippen molar-refractivity contribution in [3.05, 3.63) is 46.5 Å². The third-order valence-electron chi connectivity index (χ3n) is 5.56. The summed E-state index contributed by atoms with van der Waals surface area (Å²) in [6.45, 7) is 4.97. The number of carbonyl (C=O) groups excluding carboxylic acids is 1. The molecule has 0 radical (unpaired) electrons. The van der Waals surface area contributed by atoms with Crippen LogP contribution in [0.25, 0.3) is 28.2 Å². The molecule has 1 aliphatic carbocycles. The molecular formula is C23H25BrN4O2. The molecule has 0 aromatic carbocycles. The molecule has 0 spiro atoms. The quantitative estimate of drug-likeness (QED) is 0.352. The smallest absolute Gasteiger partial charge is 0.330 e. The first kappa shape index (κ1) is 20.7. The number of pyridine rings is 2. The summed E-state index contributed by atoms with van der Waals surface area (Å²) in [6.07, 6.45) is 13.5. The molecule has 1 saturated carbocycles. The van der Waals surface area contributed by atoms with Crippen LogP contribution in [0.4, 0.5) is 0 Å². The molecule has 4 rings (SSSR count). The number of rotatable bonds is 6. The van der Waals surface area contributed by atoms with Crippen LogP contribution in [0.15, 0.2) is 35.2 Å². The van der Waals surface area contributed by atoms with Crippen molar-refractivity contribution < 1.29 is 9.53 Å². The molecule has 30 heavy (non-hydrogen) atoms. The van der Waals surface area contributed by atoms with Crippen molar-refractivity contribution in [1.29, 1.82) is 0 Å². The predicted octanol–water partition coefficient (Wildman–Crippen LogP) is 5.51. The summed E-state index contributed by atoms with van der Waals surface area (Å²) >= 11 is 3.54. The third-order valence-corrected chi connectivity index (χ3v) is 5.99. The second-order valence-corrected chi connectivity index (χ2v) is 8.36. The van der Waals surface area contributed by atoms with Gasteiger partial charge in [-0.25, -0.2) is 14.5 Å². The molecule has 3 aromatic rings. The van der Waals surface area contributed by atoms with Crippen molar-refractivity contribution in [1.82, 2.24) is 19.7 Å². The highest BCUT2D eigenvalue weighted by Gasteiger charge is 2.26. The summed E-state index contributed by atoms with van der Waals surface area (Å²) < 4.78 is 7.95. The van der Waals surface area contributed by atoms with Gasteiger partial charge in [-0.1, -0.05) is 12.8 Å². The number of aromatic nitrogens is 4. The maximum atomic E-state index is 12.1. The number of esters is 1. The maximum absolute atomic E-state index is 12.1. The molecule has 0 atom stereocenters. The Morgan fingerprint density at radius 2 is 2.07 bits per heavy atom. The highest BCUT2D eigenvalue weighted by atomic mass is 79.9. The van der Waals surface area contributed by atoms with E-state index in [1.165, 1.54) is 18.9 Å². The first-order valence-electron chi connectivity index (χ1n) is 10.5. The van der Waals surface area contributed by atoms with Crippen LogP contribution in [-0.4, -0.2) is 32.3 Å². The van der Waals surface area contributed by atoms with Crippen LogP contribution in [0.1, 0.15) is 56.7 Å². The zero-order valence-electron chi connectivity index (χ0n) is 17.3. The fourth-order valence-corrected chi connectivity index (χ4v) is 4.60. The Balaban J connectivity index is 2.01. The first-order chi connectivity index (χ1) is 14.6. The summed E-state index contributed by atoms with van der Waals surface area (Å²) in [4.78, 5) is 21.6. The minimum absolute atomic E-state index is 0.349. The Morgan fingerprint density at radius 3 is 2.77 bits per heavy atom. The van der Waals surface area contributed by atoms with Crippen LogP contribution >= 0.6 is 15.9 Å². The molecule has 0 unspecified atom stereocenters. The number of hydrogen-bond acceptors (Lipinski definition) is 5. The van der Waals surface area contributed by atoms with Crippen molar-refractivity contribution in [2.75, 3.05) is 6.61 Å². The van der Waals surface area contributed by atoms with Gasteiger partial charge >= 0.3 is 5.97 Å². The van der Waals surface area contributed by atoms with Crippen molar-refractivity contribution in [2.45, 2.75) is 52.0 Å². The second kappa shape index (κ2) is 9.08. The standard InChI is InChI=1S/C23H25BrN4O2/c1-3-28-23-19(14-26-28)21(16-11-17(24)13-25-12-16)18(9-10-20(29)30-4-2)22(27-23)15-7-5-6-8-15/h9-15H,3-8H2,1-2H3/b10-9+. The van der Waals surface area contributed by atoms with Gasteiger partial charge in [0.1, 0.15) is 0 Å². The highest BCUT2D eigenvalue weighted by Crippen LogP contribution is 2.41. The van der Waals surface area contributed by atoms with E-state index in [0.29, 0.717) is 12.5 Å². The van der Waals surface area contributed by atoms with E-state index in [9.17, 15) is 4.79 Å². The van der Waals surface area contributed by atoms with Gasteiger partial charge in [0.25, 0.3) is 0 Å². The summed E-state index contributed by atoms with van der Waals surface area (Å²) in [7, 11) is 0. The van der Waals surface area contributed by atoms with Gasteiger partial charge in [0.2, 0.25) is 0 Å². The molecule has 0 saturated heterocycles. The Labute approximate surface area is 184 Å². The molecular weight excluding hydrogens is 444 g/mol. The van der Waals surface area contributed by atoms with Gasteiger partial charge in [-0.2, -0.15) is 5.10 Å². The lowest BCUT2D eigenvalue weighted by atomic mass is 9.90. The maximum Gasteiger partial charge on any atom is 0.330 e. The number of carbonyl (C=O) groups is 1. The molecule has 156 valence electrons. The van der Waals surface area contributed by atoms with E-state index in [4.69, 9.17) is 9.72 Å². The van der Waals surface area contributed by atoms with Gasteiger partial charge < -0.3 is 4.74 Å². The molecule has 6 nitrogen and oxygen atoms in total. The number of hydrogen-bond donors (Lipinski definition) is 0. The van der Waals surface area contributed by atoms with Crippen LogP contribution < -0.4 is 0 Å². The predicted molar refractivity (Wildman–Crippen MR) is 121 cm³/mol. The van der Waals surface area contributed by atoms with Crippen LogP contribution in [0.5, 0.6) is 0 Å². The van der Waals surface area contributed by atoms with Crippen LogP contribution in [0, 0.1) is 0 Å². The Morgan fingerprint density at radius 1 is 1.27 bits per heavy atom.